The number of nitrogens with zero attached hydrogens (tertiary/aromatic N) is 3. The van der Waals surface area contributed by atoms with E-state index in [9.17, 15) is 9.59 Å². The fourth-order valence-electron chi connectivity index (χ4n) is 4.46. The van der Waals surface area contributed by atoms with E-state index in [-0.39, 0.29) is 18.2 Å². The summed E-state index contributed by atoms with van der Waals surface area (Å²) in [6.45, 7) is 4.40. The summed E-state index contributed by atoms with van der Waals surface area (Å²) in [6.07, 6.45) is 0.171. The number of benzene rings is 2. The van der Waals surface area contributed by atoms with E-state index in [2.05, 4.69) is 10.2 Å². The summed E-state index contributed by atoms with van der Waals surface area (Å²) in [6, 6.07) is 11.2. The van der Waals surface area contributed by atoms with Crippen LogP contribution in [-0.4, -0.2) is 62.9 Å². The Kier molecular flexibility index (Phi) is 5.46. The van der Waals surface area contributed by atoms with Crippen molar-refractivity contribution in [3.05, 3.63) is 36.4 Å². The van der Waals surface area contributed by atoms with Gasteiger partial charge in [0.2, 0.25) is 11.8 Å². The Morgan fingerprint density at radius 2 is 1.85 bits per heavy atom. The molecule has 0 radical (unpaired) electrons. The summed E-state index contributed by atoms with van der Waals surface area (Å²) in [7, 11) is 0. The van der Waals surface area contributed by atoms with E-state index in [0.29, 0.717) is 55.8 Å². The van der Waals surface area contributed by atoms with Gasteiger partial charge >= 0.3 is 0 Å². The van der Waals surface area contributed by atoms with Gasteiger partial charge in [0.1, 0.15) is 13.2 Å². The maximum atomic E-state index is 13.0. The largest absolute Gasteiger partial charge is 0.486 e. The van der Waals surface area contributed by atoms with Gasteiger partial charge in [-0.25, -0.2) is 4.98 Å². The molecule has 2 saturated heterocycles. The Morgan fingerprint density at radius 1 is 1.03 bits per heavy atom. The number of anilines is 3. The number of fused-ring (bicyclic) bond motifs is 2. The summed E-state index contributed by atoms with van der Waals surface area (Å²) in [5.41, 5.74) is 2.33. The van der Waals surface area contributed by atoms with Crippen LogP contribution < -0.4 is 24.6 Å². The van der Waals surface area contributed by atoms with Crippen LogP contribution in [-0.2, 0) is 14.3 Å². The van der Waals surface area contributed by atoms with Crippen LogP contribution in [0, 0.1) is 5.92 Å². The number of nitrogens with one attached hydrogen (secondary N) is 1. The van der Waals surface area contributed by atoms with Gasteiger partial charge in [-0.2, -0.15) is 0 Å². The first-order valence-electron chi connectivity index (χ1n) is 11.4. The van der Waals surface area contributed by atoms with E-state index >= 15 is 0 Å². The van der Waals surface area contributed by atoms with Gasteiger partial charge in [0.15, 0.2) is 16.6 Å². The highest BCUT2D eigenvalue weighted by Gasteiger charge is 2.35. The molecule has 3 aliphatic heterocycles. The highest BCUT2D eigenvalue weighted by Crippen LogP contribution is 2.36. The first kappa shape index (κ1) is 21.2. The molecule has 0 aliphatic carbocycles. The molecule has 2 fully saturated rings. The molecule has 1 N–H and O–H groups in total. The average molecular weight is 481 g/mol. The number of thiazole rings is 1. The van der Waals surface area contributed by atoms with Gasteiger partial charge in [0, 0.05) is 43.5 Å². The van der Waals surface area contributed by atoms with E-state index in [1.165, 1.54) is 0 Å². The first-order chi connectivity index (χ1) is 16.6. The molecule has 0 unspecified atom stereocenters. The van der Waals surface area contributed by atoms with Crippen molar-refractivity contribution >= 4 is 49.9 Å². The molecule has 2 aromatic carbocycles. The van der Waals surface area contributed by atoms with Crippen molar-refractivity contribution in [3.63, 3.8) is 0 Å². The lowest BCUT2D eigenvalue weighted by molar-refractivity contribution is -0.122. The Labute approximate surface area is 200 Å². The van der Waals surface area contributed by atoms with Crippen LogP contribution in [0.1, 0.15) is 6.42 Å². The Morgan fingerprint density at radius 3 is 2.71 bits per heavy atom. The third kappa shape index (κ3) is 4.03. The maximum absolute atomic E-state index is 13.0. The van der Waals surface area contributed by atoms with Gasteiger partial charge in [-0.15, -0.1) is 0 Å². The average Bonchev–Trinajstić information content (AvgIpc) is 3.48. The molecule has 3 aromatic rings. The van der Waals surface area contributed by atoms with E-state index in [0.717, 1.165) is 28.4 Å². The second-order valence-corrected chi connectivity index (χ2v) is 9.51. The van der Waals surface area contributed by atoms with Gasteiger partial charge in [-0.3, -0.25) is 9.59 Å². The van der Waals surface area contributed by atoms with Crippen molar-refractivity contribution in [3.8, 4) is 11.5 Å². The molecule has 4 heterocycles. The quantitative estimate of drug-likeness (QED) is 0.614. The molecule has 1 atom stereocenters. The summed E-state index contributed by atoms with van der Waals surface area (Å²) in [4.78, 5) is 34.3. The zero-order chi connectivity index (χ0) is 23.1. The van der Waals surface area contributed by atoms with Crippen LogP contribution in [0.5, 0.6) is 11.5 Å². The molecule has 176 valence electrons. The second kappa shape index (κ2) is 8.77. The monoisotopic (exact) mass is 480 g/mol. The van der Waals surface area contributed by atoms with Gasteiger partial charge in [0.25, 0.3) is 0 Å². The molecule has 9 nitrogen and oxygen atoms in total. The molecule has 3 aliphatic rings. The topological polar surface area (TPSA) is 93.2 Å². The number of rotatable bonds is 4. The van der Waals surface area contributed by atoms with Crippen molar-refractivity contribution < 1.29 is 23.8 Å². The molecule has 0 bridgehead atoms. The number of morpholine rings is 1. The summed E-state index contributed by atoms with van der Waals surface area (Å²) < 4.78 is 17.6. The molecule has 34 heavy (non-hydrogen) atoms. The SMILES string of the molecule is O=C(Nc1ccc2nc(N3CCOCC3)sc2c1)[C@@H]1CC(=O)N(c2ccc3c(c2)OCCO3)C1. The number of hydrogen-bond acceptors (Lipinski definition) is 8. The van der Waals surface area contributed by atoms with E-state index < -0.39 is 5.92 Å². The van der Waals surface area contributed by atoms with Crippen LogP contribution in [0.15, 0.2) is 36.4 Å². The fourth-order valence-corrected chi connectivity index (χ4v) is 5.51. The number of carbonyl (C=O) groups is 2. The molecule has 2 amide bonds. The van der Waals surface area contributed by atoms with E-state index in [4.69, 9.17) is 19.2 Å². The minimum Gasteiger partial charge on any atom is -0.486 e. The Bertz CT molecular complexity index is 1260. The molecular weight excluding hydrogens is 456 g/mol. The van der Waals surface area contributed by atoms with Crippen molar-refractivity contribution in [2.45, 2.75) is 6.42 Å². The third-order valence-corrected chi connectivity index (χ3v) is 7.34. The number of aromatic nitrogens is 1. The lowest BCUT2D eigenvalue weighted by Crippen LogP contribution is -2.36. The predicted molar refractivity (Wildman–Crippen MR) is 129 cm³/mol. The third-order valence-electron chi connectivity index (χ3n) is 6.26. The van der Waals surface area contributed by atoms with Crippen LogP contribution >= 0.6 is 11.3 Å². The molecule has 10 heteroatoms. The van der Waals surface area contributed by atoms with Crippen LogP contribution in [0.2, 0.25) is 0 Å². The maximum Gasteiger partial charge on any atom is 0.229 e. The van der Waals surface area contributed by atoms with Gasteiger partial charge < -0.3 is 29.3 Å². The molecular formula is C24H24N4O5S. The van der Waals surface area contributed by atoms with Crippen molar-refractivity contribution in [1.29, 1.82) is 0 Å². The van der Waals surface area contributed by atoms with Crippen molar-refractivity contribution in [1.82, 2.24) is 4.98 Å². The van der Waals surface area contributed by atoms with Crippen LogP contribution in [0.3, 0.4) is 0 Å². The second-order valence-electron chi connectivity index (χ2n) is 8.50. The zero-order valence-electron chi connectivity index (χ0n) is 18.5. The smallest absolute Gasteiger partial charge is 0.229 e. The van der Waals surface area contributed by atoms with Gasteiger partial charge in [0.05, 0.1) is 29.3 Å². The number of amides is 2. The Balaban J connectivity index is 1.14. The number of hydrogen-bond donors (Lipinski definition) is 1. The minimum absolute atomic E-state index is 0.0788. The van der Waals surface area contributed by atoms with Crippen LogP contribution in [0.25, 0.3) is 10.2 Å². The highest BCUT2D eigenvalue weighted by molar-refractivity contribution is 7.22. The van der Waals surface area contributed by atoms with E-state index in [1.807, 2.05) is 24.3 Å². The van der Waals surface area contributed by atoms with Crippen LogP contribution in [0.4, 0.5) is 16.5 Å². The summed E-state index contributed by atoms with van der Waals surface area (Å²) in [5, 5.41) is 3.96. The van der Waals surface area contributed by atoms with Gasteiger partial charge in [-0.1, -0.05) is 11.3 Å². The minimum atomic E-state index is -0.429. The molecule has 0 spiro atoms. The van der Waals surface area contributed by atoms with Crippen molar-refractivity contribution in [2.24, 2.45) is 5.92 Å². The highest BCUT2D eigenvalue weighted by atomic mass is 32.1. The van der Waals surface area contributed by atoms with E-state index in [1.54, 1.807) is 28.4 Å². The summed E-state index contributed by atoms with van der Waals surface area (Å²) >= 11 is 1.61. The lowest BCUT2D eigenvalue weighted by atomic mass is 10.1. The normalized spacial score (nSPS) is 20.1. The number of carbonyl (C=O) groups excluding carboxylic acids is 2. The number of ether oxygens (including phenoxy) is 3. The Hall–Kier alpha value is -3.37. The standard InChI is InChI=1S/C24H24N4O5S/c29-22-11-15(14-28(22)17-2-4-19-20(13-17)33-10-9-32-19)23(30)25-16-1-3-18-21(12-16)34-24(26-18)27-5-7-31-8-6-27/h1-4,12-13,15H,5-11,14H2,(H,25,30)/t15-/m1/s1. The predicted octanol–water partition coefficient (Wildman–Crippen LogP) is 2.90. The molecule has 1 aromatic heterocycles. The lowest BCUT2D eigenvalue weighted by Gasteiger charge is -2.25. The fraction of sp³-hybridized carbons (Fsp3) is 0.375. The van der Waals surface area contributed by atoms with Crippen molar-refractivity contribution in [2.75, 3.05) is 61.2 Å². The zero-order valence-corrected chi connectivity index (χ0v) is 19.3. The summed E-state index contributed by atoms with van der Waals surface area (Å²) in [5.74, 6) is 0.627. The first-order valence-corrected chi connectivity index (χ1v) is 12.2. The molecule has 0 saturated carbocycles. The molecule has 6 rings (SSSR count). The van der Waals surface area contributed by atoms with Gasteiger partial charge in [-0.05, 0) is 30.3 Å².